The van der Waals surface area contributed by atoms with Gasteiger partial charge in [-0.1, -0.05) is 6.42 Å². The Morgan fingerprint density at radius 1 is 1.15 bits per heavy atom. The van der Waals surface area contributed by atoms with Gasteiger partial charge in [0.2, 0.25) is 0 Å². The van der Waals surface area contributed by atoms with Crippen LogP contribution < -0.4 is 11.1 Å². The van der Waals surface area contributed by atoms with Crippen molar-refractivity contribution in [1.29, 1.82) is 0 Å². The number of rotatable bonds is 1. The highest BCUT2D eigenvalue weighted by molar-refractivity contribution is 4.84. The zero-order chi connectivity index (χ0) is 9.10. The van der Waals surface area contributed by atoms with E-state index < -0.39 is 0 Å². The highest BCUT2D eigenvalue weighted by Gasteiger charge is 2.25. The highest BCUT2D eigenvalue weighted by Crippen LogP contribution is 2.21. The monoisotopic (exact) mass is 183 g/mol. The first kappa shape index (κ1) is 9.44. The molecule has 3 heteroatoms. The first-order chi connectivity index (χ1) is 6.36. The normalized spacial score (nSPS) is 37.6. The van der Waals surface area contributed by atoms with E-state index in [9.17, 15) is 0 Å². The Morgan fingerprint density at radius 2 is 1.92 bits per heavy atom. The Morgan fingerprint density at radius 3 is 2.62 bits per heavy atom. The minimum Gasteiger partial charge on any atom is -0.328 e. The van der Waals surface area contributed by atoms with Crippen molar-refractivity contribution >= 4 is 0 Å². The van der Waals surface area contributed by atoms with E-state index in [1.807, 2.05) is 0 Å². The zero-order valence-electron chi connectivity index (χ0n) is 8.34. The van der Waals surface area contributed by atoms with Gasteiger partial charge in [0.15, 0.2) is 0 Å². The molecule has 2 atom stereocenters. The largest absolute Gasteiger partial charge is 0.328 e. The lowest BCUT2D eigenvalue weighted by Gasteiger charge is -2.38. The van der Waals surface area contributed by atoms with E-state index in [1.165, 1.54) is 38.8 Å². The summed E-state index contributed by atoms with van der Waals surface area (Å²) in [4.78, 5) is 2.62. The van der Waals surface area contributed by atoms with Crippen molar-refractivity contribution in [3.8, 4) is 0 Å². The first-order valence-corrected chi connectivity index (χ1v) is 5.56. The van der Waals surface area contributed by atoms with Crippen LogP contribution in [0.5, 0.6) is 0 Å². The zero-order valence-corrected chi connectivity index (χ0v) is 8.34. The Labute approximate surface area is 80.7 Å². The summed E-state index contributed by atoms with van der Waals surface area (Å²) >= 11 is 0. The second-order valence-electron chi connectivity index (χ2n) is 4.37. The molecule has 13 heavy (non-hydrogen) atoms. The van der Waals surface area contributed by atoms with Crippen LogP contribution in [0, 0.1) is 0 Å². The van der Waals surface area contributed by atoms with Crippen molar-refractivity contribution in [2.45, 2.75) is 37.8 Å². The maximum Gasteiger partial charge on any atom is 0.0111 e. The summed E-state index contributed by atoms with van der Waals surface area (Å²) in [6.45, 7) is 4.76. The molecule has 0 aromatic rings. The second kappa shape index (κ2) is 4.40. The molecule has 0 spiro atoms. The van der Waals surface area contributed by atoms with Gasteiger partial charge in [0.1, 0.15) is 0 Å². The summed E-state index contributed by atoms with van der Waals surface area (Å²) in [5.74, 6) is 0. The van der Waals surface area contributed by atoms with Crippen molar-refractivity contribution in [2.75, 3.05) is 26.2 Å². The minimum atomic E-state index is 0.466. The lowest BCUT2D eigenvalue weighted by molar-refractivity contribution is 0.131. The fraction of sp³-hybridized carbons (Fsp3) is 1.00. The summed E-state index contributed by atoms with van der Waals surface area (Å²) in [7, 11) is 0. The topological polar surface area (TPSA) is 41.3 Å². The van der Waals surface area contributed by atoms with Gasteiger partial charge in [-0.3, -0.25) is 4.90 Å². The summed E-state index contributed by atoms with van der Waals surface area (Å²) < 4.78 is 0. The molecule has 0 aromatic heterocycles. The maximum absolute atomic E-state index is 5.99. The molecule has 2 aliphatic rings. The molecule has 0 unspecified atom stereocenters. The number of nitrogens with one attached hydrogen (secondary N) is 1. The van der Waals surface area contributed by atoms with Gasteiger partial charge >= 0.3 is 0 Å². The van der Waals surface area contributed by atoms with E-state index in [0.29, 0.717) is 6.04 Å². The smallest absolute Gasteiger partial charge is 0.0111 e. The molecule has 1 aliphatic heterocycles. The van der Waals surface area contributed by atoms with Crippen LogP contribution >= 0.6 is 0 Å². The van der Waals surface area contributed by atoms with Gasteiger partial charge in [0, 0.05) is 38.3 Å². The third-order valence-electron chi connectivity index (χ3n) is 3.36. The molecule has 1 saturated carbocycles. The molecule has 3 nitrogen and oxygen atoms in total. The van der Waals surface area contributed by atoms with E-state index in [-0.39, 0.29) is 0 Å². The first-order valence-electron chi connectivity index (χ1n) is 5.56. The van der Waals surface area contributed by atoms with Crippen LogP contribution in [0.4, 0.5) is 0 Å². The molecule has 0 bridgehead atoms. The lowest BCUT2D eigenvalue weighted by atomic mass is 9.90. The summed E-state index contributed by atoms with van der Waals surface area (Å²) in [6, 6.07) is 1.25. The average Bonchev–Trinajstić information content (AvgIpc) is 2.19. The molecule has 76 valence electrons. The van der Waals surface area contributed by atoms with Crippen LogP contribution in [-0.2, 0) is 0 Å². The SMILES string of the molecule is N[C@H]1CCC[C@@H](N2CCNCC2)C1. The van der Waals surface area contributed by atoms with E-state index in [2.05, 4.69) is 10.2 Å². The van der Waals surface area contributed by atoms with Crippen LogP contribution in [0.2, 0.25) is 0 Å². The molecule has 1 saturated heterocycles. The fourth-order valence-electron chi connectivity index (χ4n) is 2.58. The van der Waals surface area contributed by atoms with Gasteiger partial charge in [-0.2, -0.15) is 0 Å². The third kappa shape index (κ3) is 2.42. The number of nitrogens with two attached hydrogens (primary N) is 1. The molecule has 0 aromatic carbocycles. The van der Waals surface area contributed by atoms with Crippen molar-refractivity contribution in [3.63, 3.8) is 0 Å². The molecule has 0 amide bonds. The molecule has 2 rings (SSSR count). The van der Waals surface area contributed by atoms with Crippen molar-refractivity contribution in [2.24, 2.45) is 5.73 Å². The average molecular weight is 183 g/mol. The molecular formula is C10H21N3. The number of hydrogen-bond donors (Lipinski definition) is 2. The molecule has 2 fully saturated rings. The number of hydrogen-bond acceptors (Lipinski definition) is 3. The predicted molar refractivity (Wildman–Crippen MR) is 54.7 cm³/mol. The molecular weight excluding hydrogens is 162 g/mol. The number of nitrogens with zero attached hydrogens (tertiary/aromatic N) is 1. The Bertz CT molecular complexity index is 154. The van der Waals surface area contributed by atoms with Gasteiger partial charge in [0.05, 0.1) is 0 Å². The third-order valence-corrected chi connectivity index (χ3v) is 3.36. The standard InChI is InChI=1S/C10H21N3/c11-9-2-1-3-10(8-9)13-6-4-12-5-7-13/h9-10,12H,1-8,11H2/t9-,10+/m0/s1. The van der Waals surface area contributed by atoms with Gasteiger partial charge in [-0.25, -0.2) is 0 Å². The Kier molecular flexibility index (Phi) is 3.19. The molecule has 0 radical (unpaired) electrons. The van der Waals surface area contributed by atoms with Gasteiger partial charge < -0.3 is 11.1 Å². The van der Waals surface area contributed by atoms with Crippen molar-refractivity contribution in [3.05, 3.63) is 0 Å². The van der Waals surface area contributed by atoms with Crippen LogP contribution in [0.25, 0.3) is 0 Å². The molecule has 1 heterocycles. The summed E-state index contributed by atoms with van der Waals surface area (Å²) in [6.07, 6.45) is 5.16. The Balaban J connectivity index is 1.83. The van der Waals surface area contributed by atoms with E-state index in [4.69, 9.17) is 5.73 Å². The van der Waals surface area contributed by atoms with Crippen molar-refractivity contribution < 1.29 is 0 Å². The van der Waals surface area contributed by atoms with E-state index in [1.54, 1.807) is 0 Å². The fourth-order valence-corrected chi connectivity index (χ4v) is 2.58. The molecule has 1 aliphatic carbocycles. The van der Waals surface area contributed by atoms with Gasteiger partial charge in [0.25, 0.3) is 0 Å². The van der Waals surface area contributed by atoms with Crippen LogP contribution in [-0.4, -0.2) is 43.2 Å². The van der Waals surface area contributed by atoms with E-state index >= 15 is 0 Å². The summed E-state index contributed by atoms with van der Waals surface area (Å²) in [5.41, 5.74) is 5.99. The van der Waals surface area contributed by atoms with Crippen molar-refractivity contribution in [1.82, 2.24) is 10.2 Å². The number of piperazine rings is 1. The summed E-state index contributed by atoms with van der Waals surface area (Å²) in [5, 5.41) is 3.39. The minimum absolute atomic E-state index is 0.466. The Hall–Kier alpha value is -0.120. The van der Waals surface area contributed by atoms with Gasteiger partial charge in [-0.05, 0) is 19.3 Å². The lowest BCUT2D eigenvalue weighted by Crippen LogP contribution is -2.51. The predicted octanol–water partition coefficient (Wildman–Crippen LogP) is 0.162. The van der Waals surface area contributed by atoms with Gasteiger partial charge in [-0.15, -0.1) is 0 Å². The maximum atomic E-state index is 5.99. The molecule has 3 N–H and O–H groups in total. The van der Waals surface area contributed by atoms with Crippen LogP contribution in [0.3, 0.4) is 0 Å². The van der Waals surface area contributed by atoms with Crippen LogP contribution in [0.1, 0.15) is 25.7 Å². The second-order valence-corrected chi connectivity index (χ2v) is 4.37. The highest BCUT2D eigenvalue weighted by atomic mass is 15.2. The van der Waals surface area contributed by atoms with E-state index in [0.717, 1.165) is 19.1 Å². The van der Waals surface area contributed by atoms with Crippen LogP contribution in [0.15, 0.2) is 0 Å². The quantitative estimate of drug-likeness (QED) is 0.608.